The zero-order valence-electron chi connectivity index (χ0n) is 19.4. The number of pyridine rings is 1. The maximum absolute atomic E-state index is 13.2. The van der Waals surface area contributed by atoms with E-state index in [0.717, 1.165) is 30.9 Å². The summed E-state index contributed by atoms with van der Waals surface area (Å²) in [5.74, 6) is 1.63. The summed E-state index contributed by atoms with van der Waals surface area (Å²) >= 11 is 0. The van der Waals surface area contributed by atoms with Gasteiger partial charge in [0.05, 0.1) is 19.0 Å². The Morgan fingerprint density at radius 2 is 1.97 bits per heavy atom. The fourth-order valence-electron chi connectivity index (χ4n) is 5.55. The van der Waals surface area contributed by atoms with Gasteiger partial charge >= 0.3 is 6.61 Å². The topological polar surface area (TPSA) is 74.1 Å². The third kappa shape index (κ3) is 4.28. The number of carbonyl (C=O) groups is 1. The molecule has 35 heavy (non-hydrogen) atoms. The van der Waals surface area contributed by atoms with Crippen LogP contribution in [0, 0.1) is 11.8 Å². The van der Waals surface area contributed by atoms with Crippen LogP contribution in [-0.2, 0) is 0 Å². The Labute approximate surface area is 201 Å². The molecule has 7 nitrogen and oxygen atoms in total. The molecule has 1 N–H and O–H groups in total. The number of nitrogens with one attached hydrogen (secondary N) is 1. The molecule has 2 bridgehead atoms. The Morgan fingerprint density at radius 1 is 1.14 bits per heavy atom. The van der Waals surface area contributed by atoms with Crippen LogP contribution in [0.15, 0.2) is 36.7 Å². The van der Waals surface area contributed by atoms with Crippen LogP contribution >= 0.6 is 0 Å². The smallest absolute Gasteiger partial charge is 0.387 e. The van der Waals surface area contributed by atoms with E-state index in [9.17, 15) is 13.6 Å². The number of nitrogens with zero attached hydrogens (tertiary/aromatic N) is 2. The first kappa shape index (κ1) is 22.1. The summed E-state index contributed by atoms with van der Waals surface area (Å²) in [4.78, 5) is 17.3. The zero-order valence-corrected chi connectivity index (χ0v) is 19.4. The molecule has 3 aliphatic carbocycles. The molecule has 9 heteroatoms. The van der Waals surface area contributed by atoms with Gasteiger partial charge in [-0.25, -0.2) is 4.98 Å². The van der Waals surface area contributed by atoms with Gasteiger partial charge in [-0.05, 0) is 68.6 Å². The first-order valence-corrected chi connectivity index (χ1v) is 12.1. The van der Waals surface area contributed by atoms with Crippen LogP contribution < -0.4 is 19.5 Å². The zero-order chi connectivity index (χ0) is 24.1. The number of methoxy groups -OCH3 is 1. The van der Waals surface area contributed by atoms with Crippen LogP contribution in [0.1, 0.15) is 48.9 Å². The van der Waals surface area contributed by atoms with Gasteiger partial charge in [-0.2, -0.15) is 8.78 Å². The molecule has 0 saturated heterocycles. The fourth-order valence-corrected chi connectivity index (χ4v) is 5.55. The predicted molar refractivity (Wildman–Crippen MR) is 124 cm³/mol. The van der Waals surface area contributed by atoms with Gasteiger partial charge in [-0.1, -0.05) is 0 Å². The normalized spacial score (nSPS) is 23.1. The number of hydrogen-bond donors (Lipinski definition) is 1. The number of halogens is 2. The van der Waals surface area contributed by atoms with Crippen molar-refractivity contribution in [1.29, 1.82) is 0 Å². The largest absolute Gasteiger partial charge is 0.496 e. The first-order valence-electron chi connectivity index (χ1n) is 12.1. The van der Waals surface area contributed by atoms with Gasteiger partial charge in [0.2, 0.25) is 0 Å². The molecule has 3 aliphatic rings. The van der Waals surface area contributed by atoms with Crippen molar-refractivity contribution in [2.75, 3.05) is 7.11 Å². The molecule has 0 spiro atoms. The number of hydrogen-bond acceptors (Lipinski definition) is 5. The van der Waals surface area contributed by atoms with Crippen molar-refractivity contribution in [3.8, 4) is 28.5 Å². The molecule has 3 saturated carbocycles. The van der Waals surface area contributed by atoms with Crippen LogP contribution in [0.25, 0.3) is 16.9 Å². The molecule has 3 aromatic rings. The summed E-state index contributed by atoms with van der Waals surface area (Å²) < 4.78 is 44.8. The fraction of sp³-hybridized carbons (Fsp3) is 0.462. The Hall–Kier alpha value is -3.36. The van der Waals surface area contributed by atoms with Crippen LogP contribution in [0.2, 0.25) is 0 Å². The third-order valence-corrected chi connectivity index (χ3v) is 7.38. The average Bonchev–Trinajstić information content (AvgIpc) is 3.21. The number of amides is 1. The lowest BCUT2D eigenvalue weighted by atomic mass is 9.98. The average molecular weight is 484 g/mol. The van der Waals surface area contributed by atoms with Gasteiger partial charge in [-0.15, -0.1) is 0 Å². The number of ether oxygens (including phenoxy) is 3. The SMILES string of the molecule is COc1cc(-c2cnc3cc(OC4CC5CCC4C5)ccn23)cc(OC(F)F)c1C(=O)NC1CC1. The van der Waals surface area contributed by atoms with Crippen molar-refractivity contribution in [3.05, 3.63) is 42.2 Å². The van der Waals surface area contributed by atoms with E-state index in [1.54, 1.807) is 12.3 Å². The van der Waals surface area contributed by atoms with Crippen LogP contribution in [0.5, 0.6) is 17.2 Å². The van der Waals surface area contributed by atoms with Gasteiger partial charge < -0.3 is 19.5 Å². The Morgan fingerprint density at radius 3 is 2.66 bits per heavy atom. The second kappa shape index (κ2) is 8.70. The van der Waals surface area contributed by atoms with Crippen LogP contribution in [0.4, 0.5) is 8.78 Å². The lowest BCUT2D eigenvalue weighted by Gasteiger charge is -2.23. The third-order valence-electron chi connectivity index (χ3n) is 7.38. The number of aromatic nitrogens is 2. The highest BCUT2D eigenvalue weighted by Gasteiger charge is 2.41. The summed E-state index contributed by atoms with van der Waals surface area (Å²) in [6, 6.07) is 6.92. The Kier molecular flexibility index (Phi) is 5.50. The molecule has 0 aliphatic heterocycles. The summed E-state index contributed by atoms with van der Waals surface area (Å²) in [6.45, 7) is -3.09. The van der Waals surface area contributed by atoms with Gasteiger partial charge in [0, 0.05) is 23.9 Å². The minimum absolute atomic E-state index is 0.0428. The molecule has 6 rings (SSSR count). The highest BCUT2D eigenvalue weighted by atomic mass is 19.3. The summed E-state index contributed by atoms with van der Waals surface area (Å²) in [5, 5.41) is 2.81. The monoisotopic (exact) mass is 483 g/mol. The van der Waals surface area contributed by atoms with E-state index in [2.05, 4.69) is 10.3 Å². The molecule has 184 valence electrons. The minimum Gasteiger partial charge on any atom is -0.496 e. The van der Waals surface area contributed by atoms with E-state index in [1.165, 1.54) is 32.4 Å². The van der Waals surface area contributed by atoms with Gasteiger partial charge in [-0.3, -0.25) is 9.20 Å². The second-order valence-electron chi connectivity index (χ2n) is 9.74. The van der Waals surface area contributed by atoms with Crippen molar-refractivity contribution in [1.82, 2.24) is 14.7 Å². The van der Waals surface area contributed by atoms with E-state index >= 15 is 0 Å². The molecule has 3 fully saturated rings. The number of carbonyl (C=O) groups excluding carboxylic acids is 1. The van der Waals surface area contributed by atoms with Crippen molar-refractivity contribution < 1.29 is 27.8 Å². The van der Waals surface area contributed by atoms with Crippen molar-refractivity contribution in [2.24, 2.45) is 11.8 Å². The number of imidazole rings is 1. The minimum atomic E-state index is -3.09. The molecule has 1 amide bonds. The molecule has 3 unspecified atom stereocenters. The quantitative estimate of drug-likeness (QED) is 0.484. The molecule has 0 radical (unpaired) electrons. The summed E-state index contributed by atoms with van der Waals surface area (Å²) in [5.41, 5.74) is 1.82. The summed E-state index contributed by atoms with van der Waals surface area (Å²) in [7, 11) is 1.40. The number of rotatable bonds is 8. The van der Waals surface area contributed by atoms with Crippen LogP contribution in [0.3, 0.4) is 0 Å². The van der Waals surface area contributed by atoms with Crippen LogP contribution in [-0.4, -0.2) is 41.2 Å². The van der Waals surface area contributed by atoms with E-state index < -0.39 is 12.5 Å². The molecule has 2 heterocycles. The highest BCUT2D eigenvalue weighted by Crippen LogP contribution is 2.46. The molecular formula is C26H27F2N3O4. The van der Waals surface area contributed by atoms with Gasteiger partial charge in [0.25, 0.3) is 5.91 Å². The lowest BCUT2D eigenvalue weighted by Crippen LogP contribution is -2.26. The Balaban J connectivity index is 1.33. The highest BCUT2D eigenvalue weighted by molar-refractivity contribution is 6.01. The van der Waals surface area contributed by atoms with E-state index in [-0.39, 0.29) is 29.2 Å². The second-order valence-corrected chi connectivity index (χ2v) is 9.74. The maximum atomic E-state index is 13.2. The Bertz CT molecular complexity index is 1270. The van der Waals surface area contributed by atoms with E-state index in [1.807, 2.05) is 22.7 Å². The number of fused-ring (bicyclic) bond motifs is 3. The van der Waals surface area contributed by atoms with Crippen molar-refractivity contribution in [3.63, 3.8) is 0 Å². The molecule has 1 aromatic carbocycles. The van der Waals surface area contributed by atoms with E-state index in [4.69, 9.17) is 14.2 Å². The van der Waals surface area contributed by atoms with Gasteiger partial charge in [0.15, 0.2) is 0 Å². The lowest BCUT2D eigenvalue weighted by molar-refractivity contribution is -0.0502. The standard InChI is InChI=1S/C26H27F2N3O4/c1-33-21-10-16(11-22(35-26(27)28)24(21)25(32)30-17-4-5-17)19-13-29-23-12-18(6-7-31(19)23)34-20-9-14-2-3-15(20)8-14/h6-7,10-15,17,20,26H,2-5,8-9H2,1H3,(H,30,32). The summed E-state index contributed by atoms with van der Waals surface area (Å²) in [6.07, 6.45) is 10.4. The molecular weight excluding hydrogens is 456 g/mol. The molecule has 3 atom stereocenters. The van der Waals surface area contributed by atoms with Crippen molar-refractivity contribution in [2.45, 2.75) is 57.3 Å². The molecule has 2 aromatic heterocycles. The number of benzene rings is 1. The van der Waals surface area contributed by atoms with E-state index in [0.29, 0.717) is 22.8 Å². The first-order chi connectivity index (χ1) is 17.0. The maximum Gasteiger partial charge on any atom is 0.387 e. The van der Waals surface area contributed by atoms with Gasteiger partial charge in [0.1, 0.15) is 34.6 Å². The predicted octanol–water partition coefficient (Wildman–Crippen LogP) is 5.07. The number of alkyl halides is 2. The van der Waals surface area contributed by atoms with Crippen molar-refractivity contribution >= 4 is 11.6 Å².